The minimum atomic E-state index is -4.33. The molecule has 192 valence electrons. The minimum absolute atomic E-state index is 0.140. The van der Waals surface area contributed by atoms with Crippen LogP contribution in [0.2, 0.25) is 0 Å². The van der Waals surface area contributed by atoms with Crippen molar-refractivity contribution in [2.24, 2.45) is 0 Å². The number of carboxylic acid groups (broad SMARTS) is 1. The normalized spacial score (nSPS) is 14.4. The first kappa shape index (κ1) is 28.6. The van der Waals surface area contributed by atoms with Gasteiger partial charge in [0.15, 0.2) is 5.71 Å². The first-order chi connectivity index (χ1) is 16.8. The molecule has 0 aliphatic carbocycles. The highest BCUT2D eigenvalue weighted by molar-refractivity contribution is 7.85. The van der Waals surface area contributed by atoms with E-state index < -0.39 is 37.9 Å². The van der Waals surface area contributed by atoms with Crippen LogP contribution >= 0.6 is 0 Å². The zero-order valence-corrected chi connectivity index (χ0v) is 21.3. The van der Waals surface area contributed by atoms with E-state index in [0.29, 0.717) is 11.3 Å². The Kier molecular flexibility index (Phi) is 9.84. The number of allylic oxidation sites excluding steroid dienone is 3. The Morgan fingerprint density at radius 3 is 2.31 bits per heavy atom. The largest absolute Gasteiger partial charge is 0.748 e. The highest BCUT2D eigenvalue weighted by atomic mass is 32.2. The van der Waals surface area contributed by atoms with Crippen LogP contribution in [0.5, 0.6) is 0 Å². The molecule has 0 radical (unpaired) electrons. The van der Waals surface area contributed by atoms with E-state index in [1.807, 2.05) is 73.0 Å². The van der Waals surface area contributed by atoms with Gasteiger partial charge in [-0.3, -0.25) is 0 Å². The molecule has 1 heterocycles. The Morgan fingerprint density at radius 2 is 1.72 bits per heavy atom. The number of para-hydroxylation sites is 1. The van der Waals surface area contributed by atoms with E-state index in [1.165, 1.54) is 0 Å². The van der Waals surface area contributed by atoms with Crippen LogP contribution in [0.15, 0.2) is 73.0 Å². The number of nitrogens with one attached hydrogen (secondary N) is 1. The molecule has 0 spiro atoms. The molecule has 0 aromatic heterocycles. The Bertz CT molecular complexity index is 1400. The van der Waals surface area contributed by atoms with Gasteiger partial charge in [-0.05, 0) is 38.1 Å². The smallest absolute Gasteiger partial charge is 0.425 e. The summed E-state index contributed by atoms with van der Waals surface area (Å²) in [5, 5.41) is 12.9. The minimum Gasteiger partial charge on any atom is -0.748 e. The van der Waals surface area contributed by atoms with E-state index in [4.69, 9.17) is 12.6 Å². The number of benzene rings is 2. The average Bonchev–Trinajstić information content (AvgIpc) is 2.99. The molecule has 0 fully saturated rings. The molecule has 1 aliphatic rings. The summed E-state index contributed by atoms with van der Waals surface area (Å²) in [6, 6.07) is 14.7. The topological polar surface area (TPSA) is 161 Å². The van der Waals surface area contributed by atoms with Gasteiger partial charge in [0.2, 0.25) is 5.69 Å². The Labute approximate surface area is 211 Å². The fourth-order valence-electron chi connectivity index (χ4n) is 4.01. The monoisotopic (exact) mass is 534 g/mol. The lowest BCUT2D eigenvalue weighted by Gasteiger charge is -2.17. The van der Waals surface area contributed by atoms with Gasteiger partial charge in [-0.25, -0.2) is 13.2 Å². The number of aromatic carboxylic acids is 1. The fourth-order valence-corrected chi connectivity index (χ4v) is 4.50. The quantitative estimate of drug-likeness (QED) is 0.280. The second-order valence-electron chi connectivity index (χ2n) is 8.21. The van der Waals surface area contributed by atoms with Crippen molar-refractivity contribution in [1.82, 2.24) is 0 Å². The van der Waals surface area contributed by atoms with Crippen molar-refractivity contribution < 1.29 is 40.1 Å². The van der Waals surface area contributed by atoms with Crippen molar-refractivity contribution in [3.05, 3.63) is 84.1 Å². The molecule has 0 saturated heterocycles. The fraction of sp³-hybridized carbons (Fsp3) is 0.250. The van der Waals surface area contributed by atoms with Gasteiger partial charge in [0, 0.05) is 36.2 Å². The predicted octanol–water partition coefficient (Wildman–Crippen LogP) is 2.87. The molecule has 3 rings (SSSR count). The van der Waals surface area contributed by atoms with Crippen molar-refractivity contribution in [2.45, 2.75) is 25.7 Å². The molecule has 2 N–H and O–H groups in total. The Morgan fingerprint density at radius 1 is 1.08 bits per heavy atom. The summed E-state index contributed by atoms with van der Waals surface area (Å²) in [7, 11) is -7.44. The number of hydrogen-bond donors (Lipinski definition) is 2. The maximum atomic E-state index is 11.9. The number of fused-ring (bicyclic) bond motifs is 1. The third-order valence-electron chi connectivity index (χ3n) is 5.38. The number of nitrogens with zero attached hydrogens (tertiary/aromatic N) is 1. The maximum absolute atomic E-state index is 11.9. The second kappa shape index (κ2) is 12.4. The molecule has 0 saturated carbocycles. The van der Waals surface area contributed by atoms with Crippen LogP contribution < -0.4 is 5.32 Å². The third kappa shape index (κ3) is 7.97. The zero-order chi connectivity index (χ0) is 26.9. The summed E-state index contributed by atoms with van der Waals surface area (Å²) in [6.45, 7) is 4.16. The lowest BCUT2D eigenvalue weighted by molar-refractivity contribution is -0.437. The summed E-state index contributed by atoms with van der Waals surface area (Å²) in [6.07, 6.45) is 7.49. The maximum Gasteiger partial charge on any atom is 0.425 e. The molecule has 10 nitrogen and oxygen atoms in total. The predicted molar refractivity (Wildman–Crippen MR) is 133 cm³/mol. The molecule has 0 amide bonds. The molecule has 2 aromatic rings. The van der Waals surface area contributed by atoms with E-state index in [1.54, 1.807) is 18.3 Å². The first-order valence-corrected chi connectivity index (χ1v) is 13.3. The van der Waals surface area contributed by atoms with E-state index >= 15 is 0 Å². The third-order valence-corrected chi connectivity index (χ3v) is 6.17. The van der Waals surface area contributed by atoms with Crippen molar-refractivity contribution >= 4 is 43.8 Å². The molecular formula is C24H26N2O8S2. The number of rotatable bonds is 9. The van der Waals surface area contributed by atoms with Crippen LogP contribution in [0, 0.1) is 0 Å². The molecule has 1 aliphatic heterocycles. The molecule has 0 atom stereocenters. The van der Waals surface area contributed by atoms with Crippen LogP contribution in [0.25, 0.3) is 0 Å². The van der Waals surface area contributed by atoms with Gasteiger partial charge in [0.1, 0.15) is 6.54 Å². The van der Waals surface area contributed by atoms with Crippen molar-refractivity contribution in [2.75, 3.05) is 17.6 Å². The van der Waals surface area contributed by atoms with Gasteiger partial charge in [0.05, 0.1) is 26.7 Å². The SMILES string of the molecule is CC1(C)C(/C=C/C=C/Nc2ccccc2)=[N+](CCCS(=O)(=O)[O-])c2cccc(C(=O)O)c21.O=S(=O)=O. The lowest BCUT2D eigenvalue weighted by Crippen LogP contribution is -2.29. The van der Waals surface area contributed by atoms with Crippen LogP contribution in [-0.2, 0) is 26.1 Å². The summed E-state index contributed by atoms with van der Waals surface area (Å²) >= 11 is 0. The van der Waals surface area contributed by atoms with Crippen LogP contribution in [-0.4, -0.2) is 59.3 Å². The molecular weight excluding hydrogens is 508 g/mol. The summed E-state index contributed by atoms with van der Waals surface area (Å²) in [5.41, 5.74) is 2.74. The van der Waals surface area contributed by atoms with Gasteiger partial charge >= 0.3 is 16.6 Å². The lowest BCUT2D eigenvalue weighted by atomic mass is 9.79. The van der Waals surface area contributed by atoms with Crippen molar-refractivity contribution in [1.29, 1.82) is 0 Å². The number of carbonyl (C=O) groups is 1. The zero-order valence-electron chi connectivity index (χ0n) is 19.6. The Hall–Kier alpha value is -3.61. The number of anilines is 1. The van der Waals surface area contributed by atoms with Crippen LogP contribution in [0.3, 0.4) is 0 Å². The van der Waals surface area contributed by atoms with Gasteiger partial charge in [-0.1, -0.05) is 30.3 Å². The van der Waals surface area contributed by atoms with Crippen LogP contribution in [0.4, 0.5) is 11.4 Å². The van der Waals surface area contributed by atoms with Crippen LogP contribution in [0.1, 0.15) is 36.2 Å². The highest BCUT2D eigenvalue weighted by Gasteiger charge is 2.46. The van der Waals surface area contributed by atoms with Gasteiger partial charge < -0.3 is 15.0 Å². The first-order valence-electron chi connectivity index (χ1n) is 10.7. The van der Waals surface area contributed by atoms with Crippen molar-refractivity contribution in [3.8, 4) is 0 Å². The summed E-state index contributed by atoms with van der Waals surface area (Å²) in [5.74, 6) is -1.50. The summed E-state index contributed by atoms with van der Waals surface area (Å²) < 4.78 is 60.5. The standard InChI is InChI=1S/C24H26N2O5S.O3S/c1-24(2)21(14-6-7-15-25-18-10-4-3-5-11-18)26(16-9-17-32(29,30)31)20-13-8-12-19(22(20)24)23(27)28;1-4(2)3/h3-8,10-15H,9,16-17H2,1-2H3,(H2,27,28,29,30,31);. The van der Waals surface area contributed by atoms with Gasteiger partial charge in [-0.15, -0.1) is 12.6 Å². The highest BCUT2D eigenvalue weighted by Crippen LogP contribution is 2.42. The molecule has 0 unspecified atom stereocenters. The second-order valence-corrected chi connectivity index (χ2v) is 10.1. The van der Waals surface area contributed by atoms with E-state index in [-0.39, 0.29) is 18.5 Å². The van der Waals surface area contributed by atoms with Gasteiger partial charge in [-0.2, -0.15) is 4.58 Å². The van der Waals surface area contributed by atoms with E-state index in [9.17, 15) is 22.9 Å². The number of carboxylic acids is 1. The molecule has 2 aromatic carbocycles. The Balaban J connectivity index is 0.00000106. The molecule has 12 heteroatoms. The van der Waals surface area contributed by atoms with Gasteiger partial charge in [0.25, 0.3) is 0 Å². The van der Waals surface area contributed by atoms with E-state index in [0.717, 1.165) is 11.4 Å². The summed E-state index contributed by atoms with van der Waals surface area (Å²) in [4.78, 5) is 11.9. The molecule has 0 bridgehead atoms. The average molecular weight is 535 g/mol. The molecule has 36 heavy (non-hydrogen) atoms. The van der Waals surface area contributed by atoms with Crippen molar-refractivity contribution in [3.63, 3.8) is 0 Å². The van der Waals surface area contributed by atoms with E-state index in [2.05, 4.69) is 5.32 Å². The number of hydrogen-bond acceptors (Lipinski definition) is 8.